The van der Waals surface area contributed by atoms with Gasteiger partial charge in [0.1, 0.15) is 10.5 Å². The van der Waals surface area contributed by atoms with Gasteiger partial charge in [0.15, 0.2) is 9.84 Å². The van der Waals surface area contributed by atoms with Crippen molar-refractivity contribution in [2.24, 2.45) is 0 Å². The summed E-state index contributed by atoms with van der Waals surface area (Å²) < 4.78 is 37.6. The number of nitrogens with one attached hydrogen (secondary N) is 1. The number of benzene rings is 2. The lowest BCUT2D eigenvalue weighted by Crippen LogP contribution is -2.49. The molecule has 0 aliphatic heterocycles. The molecule has 0 radical (unpaired) electrons. The Hall–Kier alpha value is -2.23. The van der Waals surface area contributed by atoms with Crippen LogP contribution in [0.2, 0.25) is 0 Å². The lowest BCUT2D eigenvalue weighted by atomic mass is 9.97. The summed E-state index contributed by atoms with van der Waals surface area (Å²) in [5.41, 5.74) is 3.84. The summed E-state index contributed by atoms with van der Waals surface area (Å²) in [6.45, 7) is 1.27. The fourth-order valence-electron chi connectivity index (χ4n) is 2.68. The van der Waals surface area contributed by atoms with Gasteiger partial charge >= 0.3 is 7.82 Å². The lowest BCUT2D eigenvalue weighted by molar-refractivity contribution is -0.131. The van der Waals surface area contributed by atoms with Crippen molar-refractivity contribution in [3.8, 4) is 16.9 Å². The molecule has 9 nitrogen and oxygen atoms in total. The van der Waals surface area contributed by atoms with Crippen LogP contribution in [0.3, 0.4) is 0 Å². The van der Waals surface area contributed by atoms with Gasteiger partial charge in [-0.2, -0.15) is 0 Å². The van der Waals surface area contributed by atoms with Crippen LogP contribution in [0.25, 0.3) is 11.1 Å². The van der Waals surface area contributed by atoms with Gasteiger partial charge < -0.3 is 4.52 Å². The summed E-state index contributed by atoms with van der Waals surface area (Å²) >= 11 is 0. The minimum atomic E-state index is -4.61. The monoisotopic (exact) mass is 443 g/mol. The molecule has 1 amide bonds. The number of carbonyl (C=O) groups excluding carboxylic acids is 1. The highest BCUT2D eigenvalue weighted by Gasteiger charge is 2.43. The molecule has 2 aromatic carbocycles. The molecule has 29 heavy (non-hydrogen) atoms. The number of hydrogen-bond donors (Lipinski definition) is 4. The van der Waals surface area contributed by atoms with Gasteiger partial charge in [-0.15, -0.1) is 0 Å². The van der Waals surface area contributed by atoms with E-state index in [1.807, 2.05) is 0 Å². The van der Waals surface area contributed by atoms with Crippen molar-refractivity contribution in [3.63, 3.8) is 0 Å². The fourth-order valence-corrected chi connectivity index (χ4v) is 3.93. The van der Waals surface area contributed by atoms with Crippen LogP contribution < -0.4 is 10.0 Å². The number of sulfone groups is 1. The van der Waals surface area contributed by atoms with Crippen LogP contribution in [0.4, 0.5) is 0 Å². The van der Waals surface area contributed by atoms with Crippen LogP contribution >= 0.6 is 7.82 Å². The first kappa shape index (κ1) is 23.1. The molecule has 4 N–H and O–H groups in total. The van der Waals surface area contributed by atoms with E-state index in [-0.39, 0.29) is 12.2 Å². The third-order valence-corrected chi connectivity index (χ3v) is 7.13. The Kier molecular flexibility index (Phi) is 6.87. The predicted octanol–water partition coefficient (Wildman–Crippen LogP) is 2.07. The Balaban J connectivity index is 2.12. The molecule has 0 heterocycles. The van der Waals surface area contributed by atoms with Crippen LogP contribution in [-0.2, 0) is 25.6 Å². The first-order chi connectivity index (χ1) is 13.4. The SMILES string of the molecule is C[C@@](CCc1ccc(-c2ccc(OP(=O)(O)O)cc2)cc1)(C(=O)NO)S(C)(=O)=O. The number of aryl methyl sites for hydroxylation is 1. The number of hydroxylamine groups is 1. The van der Waals surface area contributed by atoms with E-state index in [0.717, 1.165) is 22.9 Å². The maximum absolute atomic E-state index is 12.0. The standard InChI is InChI=1S/C18H22NO8PS/c1-18(17(20)19-21,29(2,25)26)12-11-13-3-5-14(6-4-13)15-7-9-16(10-8-15)27-28(22,23)24/h3-10,21H,11-12H2,1-2H3,(H,19,20)(H2,22,23,24)/t18-/m1/s1. The van der Waals surface area contributed by atoms with Gasteiger partial charge in [0.05, 0.1) is 0 Å². The number of phosphoric ester groups is 1. The molecular weight excluding hydrogens is 421 g/mol. The van der Waals surface area contributed by atoms with Gasteiger partial charge in [-0.1, -0.05) is 36.4 Å². The molecule has 0 aliphatic carbocycles. The van der Waals surface area contributed by atoms with Crippen molar-refractivity contribution in [2.45, 2.75) is 24.5 Å². The van der Waals surface area contributed by atoms with Gasteiger partial charge in [0.2, 0.25) is 0 Å². The number of rotatable bonds is 8. The van der Waals surface area contributed by atoms with Crippen molar-refractivity contribution >= 4 is 23.6 Å². The molecule has 0 spiro atoms. The quantitative estimate of drug-likeness (QED) is 0.275. The van der Waals surface area contributed by atoms with Crippen molar-refractivity contribution in [3.05, 3.63) is 54.1 Å². The molecule has 2 aromatic rings. The molecule has 11 heteroatoms. The Morgan fingerprint density at radius 2 is 1.55 bits per heavy atom. The van der Waals surface area contributed by atoms with Gasteiger partial charge in [-0.25, -0.2) is 18.5 Å². The number of hydrogen-bond acceptors (Lipinski definition) is 6. The Morgan fingerprint density at radius 3 is 1.97 bits per heavy atom. The zero-order chi connectivity index (χ0) is 21.9. The molecule has 0 bridgehead atoms. The van der Waals surface area contributed by atoms with Crippen LogP contribution in [0, 0.1) is 0 Å². The molecule has 0 aliphatic rings. The van der Waals surface area contributed by atoms with Crippen LogP contribution in [0.15, 0.2) is 48.5 Å². The zero-order valence-corrected chi connectivity index (χ0v) is 17.5. The smallest absolute Gasteiger partial charge is 0.404 e. The fraction of sp³-hybridized carbons (Fsp3) is 0.278. The minimum Gasteiger partial charge on any atom is -0.404 e. The van der Waals surface area contributed by atoms with Crippen molar-refractivity contribution in [1.82, 2.24) is 5.48 Å². The van der Waals surface area contributed by atoms with E-state index in [1.165, 1.54) is 24.5 Å². The summed E-state index contributed by atoms with van der Waals surface area (Å²) in [5, 5.41) is 8.86. The third-order valence-electron chi connectivity index (χ3n) is 4.66. The van der Waals surface area contributed by atoms with E-state index in [2.05, 4.69) is 4.52 Å². The van der Waals surface area contributed by atoms with Crippen LogP contribution in [-0.4, -0.2) is 40.3 Å². The highest BCUT2D eigenvalue weighted by atomic mass is 32.2. The summed E-state index contributed by atoms with van der Waals surface area (Å²) in [4.78, 5) is 29.5. The summed E-state index contributed by atoms with van der Waals surface area (Å²) in [7, 11) is -8.37. The molecule has 2 rings (SSSR count). The number of carbonyl (C=O) groups is 1. The summed E-state index contributed by atoms with van der Waals surface area (Å²) in [6.07, 6.45) is 1.24. The Morgan fingerprint density at radius 1 is 1.07 bits per heavy atom. The number of phosphoric acid groups is 1. The molecule has 0 aromatic heterocycles. The maximum Gasteiger partial charge on any atom is 0.524 e. The topological polar surface area (TPSA) is 150 Å². The van der Waals surface area contributed by atoms with Crippen molar-refractivity contribution < 1.29 is 37.3 Å². The largest absolute Gasteiger partial charge is 0.524 e. The molecule has 1 atom stereocenters. The van der Waals surface area contributed by atoms with Gasteiger partial charge in [-0.05, 0) is 48.6 Å². The Labute approximate surface area is 168 Å². The van der Waals surface area contributed by atoms with E-state index in [4.69, 9.17) is 15.0 Å². The highest BCUT2D eigenvalue weighted by molar-refractivity contribution is 7.92. The van der Waals surface area contributed by atoms with Crippen molar-refractivity contribution in [2.75, 3.05) is 6.26 Å². The molecule has 0 saturated carbocycles. The van der Waals surface area contributed by atoms with Crippen LogP contribution in [0.1, 0.15) is 18.9 Å². The first-order valence-electron chi connectivity index (χ1n) is 8.44. The summed E-state index contributed by atoms with van der Waals surface area (Å²) in [5.74, 6) is -0.935. The molecular formula is C18H22NO8PS. The molecule has 0 unspecified atom stereocenters. The van der Waals surface area contributed by atoms with Gasteiger partial charge in [0, 0.05) is 6.26 Å². The van der Waals surface area contributed by atoms with E-state index < -0.39 is 28.3 Å². The van der Waals surface area contributed by atoms with Crippen molar-refractivity contribution in [1.29, 1.82) is 0 Å². The summed E-state index contributed by atoms with van der Waals surface area (Å²) in [6, 6.07) is 13.3. The second kappa shape index (κ2) is 8.64. The highest BCUT2D eigenvalue weighted by Crippen LogP contribution is 2.38. The zero-order valence-electron chi connectivity index (χ0n) is 15.8. The molecule has 0 fully saturated rings. The number of amides is 1. The lowest BCUT2D eigenvalue weighted by Gasteiger charge is -2.25. The van der Waals surface area contributed by atoms with Gasteiger partial charge in [-0.3, -0.25) is 19.8 Å². The van der Waals surface area contributed by atoms with Crippen LogP contribution in [0.5, 0.6) is 5.75 Å². The molecule has 0 saturated heterocycles. The average molecular weight is 443 g/mol. The van der Waals surface area contributed by atoms with E-state index in [0.29, 0.717) is 6.42 Å². The maximum atomic E-state index is 12.0. The van der Waals surface area contributed by atoms with E-state index >= 15 is 0 Å². The normalized spacial score (nSPS) is 14.1. The minimum absolute atomic E-state index is 0.00795. The second-order valence-corrected chi connectivity index (χ2v) is 10.4. The average Bonchev–Trinajstić information content (AvgIpc) is 2.64. The van der Waals surface area contributed by atoms with E-state index in [9.17, 15) is 17.8 Å². The van der Waals surface area contributed by atoms with E-state index in [1.54, 1.807) is 36.4 Å². The second-order valence-electron chi connectivity index (χ2n) is 6.75. The third kappa shape index (κ3) is 5.88. The van der Waals surface area contributed by atoms with Gasteiger partial charge in [0.25, 0.3) is 5.91 Å². The molecule has 158 valence electrons. The first-order valence-corrected chi connectivity index (χ1v) is 11.9. The Bertz CT molecular complexity index is 1010. The predicted molar refractivity (Wildman–Crippen MR) is 106 cm³/mol.